The molecule has 6 nitrogen and oxygen atoms in total. The van der Waals surface area contributed by atoms with E-state index in [2.05, 4.69) is 12.1 Å². The Morgan fingerprint density at radius 2 is 1.73 bits per heavy atom. The number of amides is 1. The summed E-state index contributed by atoms with van der Waals surface area (Å²) < 4.78 is 7.39. The van der Waals surface area contributed by atoms with Gasteiger partial charge in [-0.1, -0.05) is 60.7 Å². The molecule has 1 N–H and O–H groups in total. The third-order valence-corrected chi connectivity index (χ3v) is 5.79. The number of likely N-dealkylation sites (N-methyl/N-ethyl adjacent to an activating group) is 1. The van der Waals surface area contributed by atoms with E-state index in [1.807, 2.05) is 60.0 Å². The molecule has 3 rings (SSSR count). The predicted octanol–water partition coefficient (Wildman–Crippen LogP) is 3.74. The van der Waals surface area contributed by atoms with Crippen LogP contribution in [0, 0.1) is 6.92 Å². The van der Waals surface area contributed by atoms with Gasteiger partial charge in [0.25, 0.3) is 5.91 Å². The number of methoxy groups -OCH3 is 1. The molecule has 0 bridgehead atoms. The van der Waals surface area contributed by atoms with E-state index in [-0.39, 0.29) is 24.1 Å². The van der Waals surface area contributed by atoms with Crippen LogP contribution in [0.15, 0.2) is 71.5 Å². The van der Waals surface area contributed by atoms with Crippen molar-refractivity contribution in [1.29, 1.82) is 0 Å². The molecule has 0 aliphatic heterocycles. The van der Waals surface area contributed by atoms with E-state index in [1.165, 1.54) is 16.5 Å². The van der Waals surface area contributed by atoms with Crippen LogP contribution in [0.5, 0.6) is 0 Å². The normalized spacial score (nSPS) is 11.9. The number of aryl methyl sites for hydroxylation is 2. The summed E-state index contributed by atoms with van der Waals surface area (Å²) in [6.45, 7) is 2.77. The van der Waals surface area contributed by atoms with Gasteiger partial charge < -0.3 is 19.3 Å². The van der Waals surface area contributed by atoms with Crippen molar-refractivity contribution in [2.75, 3.05) is 20.7 Å². The summed E-state index contributed by atoms with van der Waals surface area (Å²) in [4.78, 5) is 27.6. The van der Waals surface area contributed by atoms with Crippen molar-refractivity contribution in [2.24, 2.45) is 0 Å². The van der Waals surface area contributed by atoms with Crippen LogP contribution in [0.4, 0.5) is 0 Å². The van der Waals surface area contributed by atoms with E-state index in [0.717, 1.165) is 24.1 Å². The van der Waals surface area contributed by atoms with Gasteiger partial charge in [0.2, 0.25) is 0 Å². The van der Waals surface area contributed by atoms with Gasteiger partial charge in [0, 0.05) is 32.5 Å². The Balaban J connectivity index is 1.84. The number of carbonyl (C=O) groups is 1. The first-order chi connectivity index (χ1) is 15.9. The third kappa shape index (κ3) is 6.18. The molecule has 33 heavy (non-hydrogen) atoms. The molecule has 0 radical (unpaired) electrons. The monoisotopic (exact) mass is 448 g/mol. The predicted molar refractivity (Wildman–Crippen MR) is 129 cm³/mol. The SMILES string of the molecule is COCc1c(C(=O)N(C)CC(O)c2ccccc2)c(=O)cc(C)n1CCCc1ccccc1. The molecule has 2 aromatic carbocycles. The van der Waals surface area contributed by atoms with Gasteiger partial charge in [0.05, 0.1) is 24.9 Å². The van der Waals surface area contributed by atoms with Gasteiger partial charge in [0.1, 0.15) is 5.56 Å². The highest BCUT2D eigenvalue weighted by molar-refractivity contribution is 5.95. The van der Waals surface area contributed by atoms with Gasteiger partial charge in [0.15, 0.2) is 5.43 Å². The smallest absolute Gasteiger partial charge is 0.259 e. The number of carbonyl (C=O) groups excluding carboxylic acids is 1. The maximum Gasteiger partial charge on any atom is 0.259 e. The number of ether oxygens (including phenoxy) is 1. The van der Waals surface area contributed by atoms with Crippen LogP contribution >= 0.6 is 0 Å². The molecule has 1 aromatic heterocycles. The van der Waals surface area contributed by atoms with Crippen molar-refractivity contribution in [3.63, 3.8) is 0 Å². The minimum Gasteiger partial charge on any atom is -0.387 e. The molecule has 0 saturated heterocycles. The minimum absolute atomic E-state index is 0.0800. The van der Waals surface area contributed by atoms with Crippen molar-refractivity contribution in [1.82, 2.24) is 9.47 Å². The zero-order valence-electron chi connectivity index (χ0n) is 19.5. The van der Waals surface area contributed by atoms with Crippen LogP contribution in [-0.2, 0) is 24.3 Å². The summed E-state index contributed by atoms with van der Waals surface area (Å²) in [5.41, 5.74) is 3.10. The number of aliphatic hydroxyl groups excluding tert-OH is 1. The Morgan fingerprint density at radius 3 is 2.36 bits per heavy atom. The second kappa shape index (κ2) is 11.6. The topological polar surface area (TPSA) is 71.8 Å². The lowest BCUT2D eigenvalue weighted by atomic mass is 10.1. The summed E-state index contributed by atoms with van der Waals surface area (Å²) in [5, 5.41) is 10.5. The van der Waals surface area contributed by atoms with E-state index >= 15 is 0 Å². The number of hydrogen-bond donors (Lipinski definition) is 1. The van der Waals surface area contributed by atoms with Crippen LogP contribution < -0.4 is 5.43 Å². The first-order valence-electron chi connectivity index (χ1n) is 11.2. The highest BCUT2D eigenvalue weighted by atomic mass is 16.5. The fraction of sp³-hybridized carbons (Fsp3) is 0.333. The summed E-state index contributed by atoms with van der Waals surface area (Å²) in [7, 11) is 3.16. The van der Waals surface area contributed by atoms with Crippen molar-refractivity contribution < 1.29 is 14.6 Å². The van der Waals surface area contributed by atoms with Gasteiger partial charge in [-0.15, -0.1) is 0 Å². The number of hydrogen-bond acceptors (Lipinski definition) is 4. The highest BCUT2D eigenvalue weighted by Crippen LogP contribution is 2.17. The fourth-order valence-electron chi connectivity index (χ4n) is 4.06. The van der Waals surface area contributed by atoms with Gasteiger partial charge in [-0.05, 0) is 30.9 Å². The molecule has 174 valence electrons. The molecule has 1 heterocycles. The summed E-state index contributed by atoms with van der Waals surface area (Å²) in [5.74, 6) is -0.418. The molecule has 0 aliphatic carbocycles. The van der Waals surface area contributed by atoms with Crippen LogP contribution in [-0.4, -0.2) is 41.2 Å². The van der Waals surface area contributed by atoms with E-state index < -0.39 is 12.0 Å². The Morgan fingerprint density at radius 1 is 1.09 bits per heavy atom. The highest BCUT2D eigenvalue weighted by Gasteiger charge is 2.24. The average Bonchev–Trinajstić information content (AvgIpc) is 2.82. The van der Waals surface area contributed by atoms with E-state index in [0.29, 0.717) is 12.2 Å². The summed E-state index contributed by atoms with van der Waals surface area (Å²) in [6, 6.07) is 20.9. The van der Waals surface area contributed by atoms with E-state index in [4.69, 9.17) is 4.74 Å². The first-order valence-corrected chi connectivity index (χ1v) is 11.2. The largest absolute Gasteiger partial charge is 0.387 e. The summed E-state index contributed by atoms with van der Waals surface area (Å²) >= 11 is 0. The number of benzene rings is 2. The number of nitrogens with zero attached hydrogens (tertiary/aromatic N) is 2. The fourth-order valence-corrected chi connectivity index (χ4v) is 4.06. The maximum absolute atomic E-state index is 13.3. The minimum atomic E-state index is -0.843. The van der Waals surface area contributed by atoms with E-state index in [9.17, 15) is 14.7 Å². The Bertz CT molecular complexity index is 1110. The number of aliphatic hydroxyl groups is 1. The van der Waals surface area contributed by atoms with Crippen LogP contribution in [0.2, 0.25) is 0 Å². The third-order valence-electron chi connectivity index (χ3n) is 5.79. The van der Waals surface area contributed by atoms with Gasteiger partial charge in [-0.25, -0.2) is 0 Å². The molecule has 1 atom stereocenters. The van der Waals surface area contributed by atoms with Crippen LogP contribution in [0.25, 0.3) is 0 Å². The van der Waals surface area contributed by atoms with Crippen molar-refractivity contribution in [3.8, 4) is 0 Å². The Kier molecular flexibility index (Phi) is 8.58. The summed E-state index contributed by atoms with van der Waals surface area (Å²) in [6.07, 6.45) is 0.913. The van der Waals surface area contributed by atoms with Crippen molar-refractivity contribution in [3.05, 3.63) is 105 Å². The second-order valence-electron chi connectivity index (χ2n) is 8.26. The number of aromatic nitrogens is 1. The lowest BCUT2D eigenvalue weighted by Gasteiger charge is -2.24. The van der Waals surface area contributed by atoms with E-state index in [1.54, 1.807) is 14.2 Å². The molecule has 6 heteroatoms. The van der Waals surface area contributed by atoms with Crippen molar-refractivity contribution >= 4 is 5.91 Å². The Labute approximate surface area is 195 Å². The molecule has 0 spiro atoms. The Hall–Kier alpha value is -3.22. The molecular formula is C27H32N2O4. The number of pyridine rings is 1. The first kappa shape index (κ1) is 24.4. The zero-order chi connectivity index (χ0) is 23.8. The van der Waals surface area contributed by atoms with Gasteiger partial charge in [-0.2, -0.15) is 0 Å². The zero-order valence-corrected chi connectivity index (χ0v) is 19.5. The number of rotatable bonds is 10. The second-order valence-corrected chi connectivity index (χ2v) is 8.26. The molecule has 0 saturated carbocycles. The van der Waals surface area contributed by atoms with Gasteiger partial charge in [-0.3, -0.25) is 9.59 Å². The van der Waals surface area contributed by atoms with Crippen molar-refractivity contribution in [2.45, 2.75) is 39.0 Å². The molecule has 0 fully saturated rings. The van der Waals surface area contributed by atoms with Crippen LogP contribution in [0.1, 0.15) is 45.4 Å². The quantitative estimate of drug-likeness (QED) is 0.513. The molecule has 1 amide bonds. The molecule has 1 unspecified atom stereocenters. The maximum atomic E-state index is 13.3. The lowest BCUT2D eigenvalue weighted by Crippen LogP contribution is -2.36. The molecule has 0 aliphatic rings. The lowest BCUT2D eigenvalue weighted by molar-refractivity contribution is 0.0673. The average molecular weight is 449 g/mol. The molecule has 3 aromatic rings. The van der Waals surface area contributed by atoms with Crippen LogP contribution in [0.3, 0.4) is 0 Å². The molecular weight excluding hydrogens is 416 g/mol. The standard InChI is InChI=1S/C27H32N2O4/c1-20-17-24(30)26(27(32)28(2)18-25(31)22-14-8-5-9-15-22)23(19-33-3)29(20)16-10-13-21-11-6-4-7-12-21/h4-9,11-12,14-15,17,25,31H,10,13,16,18-19H2,1-3H3. The van der Waals surface area contributed by atoms with Gasteiger partial charge >= 0.3 is 0 Å².